The number of hydrogen-bond donors (Lipinski definition) is 0. The lowest BCUT2D eigenvalue weighted by Crippen LogP contribution is -2.17. The van der Waals surface area contributed by atoms with Crippen LogP contribution in [0, 0.1) is 13.8 Å². The standard InChI is InChI=1S/C72H59N3S/c1-7-20-67-62(8-2)64-46-45-63-65-48-69(76-68-28-19-18-21-49(68)3)50(4)47-66(65)72(5,6)70(63)71(64)75(67)61-39-33-54(34-40-61)53-31-37-58(38-32-53)74(57-35-29-52(30-36-57)51-22-12-9-13-23-51)60-43-41-59(42-44-60)73(55-24-14-10-15-25-55)56-26-16-11-17-27-56/h7-48H,2H2,1,3-6H3/b20-7-. The number of nitrogens with zero attached hydrogens (tertiary/aromatic N) is 3. The Morgan fingerprint density at radius 3 is 1.43 bits per heavy atom. The molecule has 0 amide bonds. The zero-order chi connectivity index (χ0) is 51.9. The first kappa shape index (κ1) is 48.1. The van der Waals surface area contributed by atoms with Crippen molar-refractivity contribution in [3.05, 3.63) is 283 Å². The van der Waals surface area contributed by atoms with Gasteiger partial charge in [0.15, 0.2) is 0 Å². The number of aromatic nitrogens is 1. The van der Waals surface area contributed by atoms with Crippen molar-refractivity contribution < 1.29 is 0 Å². The topological polar surface area (TPSA) is 11.4 Å². The molecule has 0 saturated carbocycles. The molecule has 1 aliphatic rings. The summed E-state index contributed by atoms with van der Waals surface area (Å²) < 4.78 is 2.48. The fourth-order valence-electron chi connectivity index (χ4n) is 11.4. The fourth-order valence-corrected chi connectivity index (χ4v) is 12.4. The van der Waals surface area contributed by atoms with Crippen molar-refractivity contribution in [2.45, 2.75) is 49.8 Å². The van der Waals surface area contributed by atoms with Crippen molar-refractivity contribution in [3.8, 4) is 39.1 Å². The van der Waals surface area contributed by atoms with Crippen LogP contribution in [0.5, 0.6) is 0 Å². The van der Waals surface area contributed by atoms with E-state index < -0.39 is 0 Å². The van der Waals surface area contributed by atoms with E-state index in [1.807, 2.05) is 17.8 Å². The normalized spacial score (nSPS) is 12.4. The highest BCUT2D eigenvalue weighted by Gasteiger charge is 2.39. The minimum Gasteiger partial charge on any atom is -0.311 e. The number of benzene rings is 10. The van der Waals surface area contributed by atoms with Gasteiger partial charge in [0.25, 0.3) is 0 Å². The van der Waals surface area contributed by atoms with Crippen LogP contribution in [0.25, 0.3) is 62.1 Å². The largest absolute Gasteiger partial charge is 0.311 e. The van der Waals surface area contributed by atoms with E-state index in [0.717, 1.165) is 62.2 Å². The summed E-state index contributed by atoms with van der Waals surface area (Å²) >= 11 is 1.87. The molecule has 10 aromatic carbocycles. The van der Waals surface area contributed by atoms with Crippen LogP contribution in [0.4, 0.5) is 34.1 Å². The number of hydrogen-bond acceptors (Lipinski definition) is 3. The second-order valence-corrected chi connectivity index (χ2v) is 21.3. The van der Waals surface area contributed by atoms with Gasteiger partial charge in [-0.1, -0.05) is 184 Å². The lowest BCUT2D eigenvalue weighted by molar-refractivity contribution is 0.662. The Balaban J connectivity index is 0.907. The number of allylic oxidation sites excluding steroid dienone is 1. The molecule has 11 aromatic rings. The Bertz CT molecular complexity index is 3890. The first-order chi connectivity index (χ1) is 37.2. The van der Waals surface area contributed by atoms with Gasteiger partial charge < -0.3 is 14.4 Å². The quantitative estimate of drug-likeness (QED) is 0.114. The molecule has 76 heavy (non-hydrogen) atoms. The third-order valence-corrected chi connectivity index (χ3v) is 16.5. The lowest BCUT2D eigenvalue weighted by Gasteiger charge is -2.28. The first-order valence-electron chi connectivity index (χ1n) is 26.2. The van der Waals surface area contributed by atoms with Gasteiger partial charge >= 0.3 is 0 Å². The number of fused-ring (bicyclic) bond motifs is 5. The molecule has 12 rings (SSSR count). The van der Waals surface area contributed by atoms with Crippen molar-refractivity contribution in [1.82, 2.24) is 4.57 Å². The molecule has 0 saturated heterocycles. The molecule has 1 heterocycles. The highest BCUT2D eigenvalue weighted by atomic mass is 32.2. The van der Waals surface area contributed by atoms with E-state index in [1.165, 1.54) is 65.2 Å². The summed E-state index contributed by atoms with van der Waals surface area (Å²) in [6.07, 6.45) is 6.42. The predicted molar refractivity (Wildman–Crippen MR) is 326 cm³/mol. The molecule has 0 atom stereocenters. The fraction of sp³-hybridized carbons (Fsp3) is 0.0833. The van der Waals surface area contributed by atoms with E-state index in [1.54, 1.807) is 0 Å². The molecule has 0 bridgehead atoms. The molecule has 1 aromatic heterocycles. The first-order valence-corrected chi connectivity index (χ1v) is 27.0. The average Bonchev–Trinajstić information content (AvgIpc) is 4.12. The SMILES string of the molecule is C=Cc1c(/C=C\C)n(-c2ccc(-c3ccc(N(c4ccc(-c5ccccc5)cc4)c4ccc(N(c5ccccc5)c5ccccc5)cc4)cc3)cc2)c2c3c(ccc12)-c1cc(Sc2ccccc2C)c(C)cc1C3(C)C. The molecule has 0 radical (unpaired) electrons. The molecular formula is C72H59N3S. The van der Waals surface area contributed by atoms with Crippen LogP contribution in [-0.2, 0) is 5.41 Å². The molecule has 1 aliphatic carbocycles. The summed E-state index contributed by atoms with van der Waals surface area (Å²) in [6, 6.07) is 85.9. The van der Waals surface area contributed by atoms with E-state index in [-0.39, 0.29) is 5.41 Å². The smallest absolute Gasteiger partial charge is 0.0588 e. The van der Waals surface area contributed by atoms with E-state index in [9.17, 15) is 0 Å². The van der Waals surface area contributed by atoms with Gasteiger partial charge in [-0.3, -0.25) is 0 Å². The van der Waals surface area contributed by atoms with Crippen LogP contribution >= 0.6 is 11.8 Å². The van der Waals surface area contributed by atoms with Crippen LogP contribution in [-0.4, -0.2) is 4.57 Å². The summed E-state index contributed by atoms with van der Waals surface area (Å²) in [5.41, 5.74) is 23.5. The maximum Gasteiger partial charge on any atom is 0.0588 e. The van der Waals surface area contributed by atoms with Gasteiger partial charge in [0.05, 0.1) is 11.2 Å². The summed E-state index contributed by atoms with van der Waals surface area (Å²) in [7, 11) is 0. The zero-order valence-corrected chi connectivity index (χ0v) is 44.5. The zero-order valence-electron chi connectivity index (χ0n) is 43.7. The van der Waals surface area contributed by atoms with E-state index in [2.05, 4.69) is 304 Å². The summed E-state index contributed by atoms with van der Waals surface area (Å²) in [5, 5.41) is 1.22. The van der Waals surface area contributed by atoms with E-state index in [4.69, 9.17) is 0 Å². The Morgan fingerprint density at radius 2 is 0.921 bits per heavy atom. The van der Waals surface area contributed by atoms with Crippen molar-refractivity contribution in [2.24, 2.45) is 0 Å². The predicted octanol–water partition coefficient (Wildman–Crippen LogP) is 20.7. The molecule has 368 valence electrons. The van der Waals surface area contributed by atoms with Crippen molar-refractivity contribution in [1.29, 1.82) is 0 Å². The van der Waals surface area contributed by atoms with Gasteiger partial charge in [-0.25, -0.2) is 0 Å². The molecule has 0 aliphatic heterocycles. The Morgan fingerprint density at radius 1 is 0.461 bits per heavy atom. The van der Waals surface area contributed by atoms with Gasteiger partial charge in [0.1, 0.15) is 0 Å². The monoisotopic (exact) mass is 997 g/mol. The van der Waals surface area contributed by atoms with Crippen molar-refractivity contribution in [3.63, 3.8) is 0 Å². The maximum absolute atomic E-state index is 4.38. The highest BCUT2D eigenvalue weighted by molar-refractivity contribution is 7.99. The van der Waals surface area contributed by atoms with Crippen LogP contribution in [0.15, 0.2) is 259 Å². The Kier molecular flexibility index (Phi) is 12.7. The molecule has 0 fully saturated rings. The van der Waals surface area contributed by atoms with Crippen LogP contribution in [0.1, 0.15) is 54.3 Å². The summed E-state index contributed by atoms with van der Waals surface area (Å²) in [6.45, 7) is 15.7. The van der Waals surface area contributed by atoms with E-state index in [0.29, 0.717) is 0 Å². The Labute approximate surface area is 452 Å². The minimum absolute atomic E-state index is 0.241. The number of anilines is 6. The average molecular weight is 998 g/mol. The maximum atomic E-state index is 4.38. The van der Waals surface area contributed by atoms with Crippen LogP contribution < -0.4 is 9.80 Å². The van der Waals surface area contributed by atoms with Crippen LogP contribution in [0.3, 0.4) is 0 Å². The molecule has 0 unspecified atom stereocenters. The third-order valence-electron chi connectivity index (χ3n) is 15.2. The molecule has 4 heteroatoms. The molecule has 0 N–H and O–H groups in total. The van der Waals surface area contributed by atoms with Crippen molar-refractivity contribution >= 4 is 68.9 Å². The molecule has 0 spiro atoms. The van der Waals surface area contributed by atoms with Crippen LogP contribution in [0.2, 0.25) is 0 Å². The second-order valence-electron chi connectivity index (χ2n) is 20.2. The van der Waals surface area contributed by atoms with Gasteiger partial charge in [0, 0.05) is 66.0 Å². The van der Waals surface area contributed by atoms with Gasteiger partial charge in [0.2, 0.25) is 0 Å². The number of para-hydroxylation sites is 2. The van der Waals surface area contributed by atoms with Gasteiger partial charge in [-0.05, 0) is 180 Å². The van der Waals surface area contributed by atoms with Gasteiger partial charge in [-0.15, -0.1) is 0 Å². The molecule has 3 nitrogen and oxygen atoms in total. The van der Waals surface area contributed by atoms with E-state index >= 15 is 0 Å². The second kappa shape index (κ2) is 20.1. The third kappa shape index (κ3) is 8.65. The summed E-state index contributed by atoms with van der Waals surface area (Å²) in [5.74, 6) is 0. The Hall–Kier alpha value is -8.83. The number of aryl methyl sites for hydroxylation is 2. The minimum atomic E-state index is -0.241. The molecular weight excluding hydrogens is 939 g/mol. The van der Waals surface area contributed by atoms with Gasteiger partial charge in [-0.2, -0.15) is 0 Å². The summed E-state index contributed by atoms with van der Waals surface area (Å²) in [4.78, 5) is 7.24. The highest BCUT2D eigenvalue weighted by Crippen LogP contribution is 2.55. The number of rotatable bonds is 13. The van der Waals surface area contributed by atoms with Crippen molar-refractivity contribution in [2.75, 3.05) is 9.80 Å². The lowest BCUT2D eigenvalue weighted by atomic mass is 9.81.